The zero-order valence-electron chi connectivity index (χ0n) is 6.96. The van der Waals surface area contributed by atoms with Crippen LogP contribution in [0.25, 0.3) is 0 Å². The van der Waals surface area contributed by atoms with Gasteiger partial charge in [0.05, 0.1) is 0 Å². The molecule has 0 fully saturated rings. The molecule has 2 nitrogen and oxygen atoms in total. The van der Waals surface area contributed by atoms with Crippen LogP contribution in [0.4, 0.5) is 0 Å². The Kier molecular flexibility index (Phi) is 4.40. The van der Waals surface area contributed by atoms with Crippen molar-refractivity contribution in [2.24, 2.45) is 0 Å². The molecule has 0 radical (unpaired) electrons. The molecule has 0 aliphatic heterocycles. The van der Waals surface area contributed by atoms with Gasteiger partial charge in [-0.2, -0.15) is 0 Å². The first-order chi connectivity index (χ1) is 5.83. The fraction of sp³-hybridized carbons (Fsp3) is 0.500. The molecular formula is C8H11ClN2S. The van der Waals surface area contributed by atoms with Crippen molar-refractivity contribution in [3.8, 4) is 0 Å². The van der Waals surface area contributed by atoms with E-state index >= 15 is 0 Å². The largest absolute Gasteiger partial charge is 0.231 e. The highest BCUT2D eigenvalue weighted by Gasteiger charge is 1.95. The summed E-state index contributed by atoms with van der Waals surface area (Å²) < 4.78 is 0. The molecule has 0 amide bonds. The molecule has 1 aromatic heterocycles. The number of alkyl halides is 1. The van der Waals surface area contributed by atoms with Gasteiger partial charge in [-0.3, -0.25) is 0 Å². The van der Waals surface area contributed by atoms with Gasteiger partial charge < -0.3 is 0 Å². The van der Waals surface area contributed by atoms with Crippen LogP contribution < -0.4 is 0 Å². The van der Waals surface area contributed by atoms with Crippen molar-refractivity contribution in [1.29, 1.82) is 0 Å². The Hall–Kier alpha value is -0.280. The van der Waals surface area contributed by atoms with Crippen LogP contribution in [0.5, 0.6) is 0 Å². The summed E-state index contributed by atoms with van der Waals surface area (Å²) in [4.78, 5) is 8.32. The Labute approximate surface area is 81.8 Å². The van der Waals surface area contributed by atoms with Gasteiger partial charge >= 0.3 is 0 Å². The first kappa shape index (κ1) is 9.81. The number of hydrogen-bond donors (Lipinski definition) is 0. The number of rotatable bonds is 4. The molecule has 0 spiro atoms. The summed E-state index contributed by atoms with van der Waals surface area (Å²) in [5.74, 6) is 1.70. The van der Waals surface area contributed by atoms with Crippen LogP contribution >= 0.6 is 23.4 Å². The number of aryl methyl sites for hydroxylation is 1. The number of nitrogens with zero attached hydrogens (tertiary/aromatic N) is 2. The minimum absolute atomic E-state index is 0.707. The summed E-state index contributed by atoms with van der Waals surface area (Å²) >= 11 is 7.19. The van der Waals surface area contributed by atoms with Gasteiger partial charge in [0.15, 0.2) is 5.16 Å². The number of hydrogen-bond acceptors (Lipinski definition) is 3. The van der Waals surface area contributed by atoms with Gasteiger partial charge in [-0.1, -0.05) is 11.8 Å². The van der Waals surface area contributed by atoms with E-state index in [1.807, 2.05) is 19.3 Å². The molecule has 12 heavy (non-hydrogen) atoms. The van der Waals surface area contributed by atoms with Gasteiger partial charge in [-0.15, -0.1) is 11.6 Å². The molecule has 0 saturated carbocycles. The summed E-state index contributed by atoms with van der Waals surface area (Å²) in [5, 5.41) is 0.839. The molecule has 66 valence electrons. The average Bonchev–Trinajstić information content (AvgIpc) is 2.09. The summed E-state index contributed by atoms with van der Waals surface area (Å²) in [5.41, 5.74) is 1.09. The highest BCUT2D eigenvalue weighted by molar-refractivity contribution is 7.99. The topological polar surface area (TPSA) is 25.8 Å². The van der Waals surface area contributed by atoms with Gasteiger partial charge in [0.2, 0.25) is 0 Å². The zero-order valence-corrected chi connectivity index (χ0v) is 8.53. The minimum atomic E-state index is 0.707. The van der Waals surface area contributed by atoms with Gasteiger partial charge in [0.25, 0.3) is 0 Å². The van der Waals surface area contributed by atoms with Crippen molar-refractivity contribution >= 4 is 23.4 Å². The van der Waals surface area contributed by atoms with E-state index in [1.165, 1.54) is 0 Å². The first-order valence-corrected chi connectivity index (χ1v) is 5.32. The lowest BCUT2D eigenvalue weighted by Crippen LogP contribution is -1.88. The Morgan fingerprint density at radius 2 is 2.08 bits per heavy atom. The lowest BCUT2D eigenvalue weighted by Gasteiger charge is -1.97. The minimum Gasteiger partial charge on any atom is -0.231 e. The van der Waals surface area contributed by atoms with E-state index in [0.29, 0.717) is 5.88 Å². The van der Waals surface area contributed by atoms with Crippen LogP contribution in [-0.4, -0.2) is 21.6 Å². The molecule has 4 heteroatoms. The van der Waals surface area contributed by atoms with Crippen LogP contribution in [-0.2, 0) is 0 Å². The summed E-state index contributed by atoms with van der Waals surface area (Å²) in [6.45, 7) is 1.98. The zero-order chi connectivity index (χ0) is 8.81. The quantitative estimate of drug-likeness (QED) is 0.325. The van der Waals surface area contributed by atoms with E-state index in [0.717, 1.165) is 22.9 Å². The standard InChI is InChI=1S/C8H11ClN2S/c1-7-5-10-8(11-6-7)12-4-2-3-9/h5-6H,2-4H2,1H3. The summed E-state index contributed by atoms with van der Waals surface area (Å²) in [6.07, 6.45) is 4.66. The predicted octanol–water partition coefficient (Wildman–Crippen LogP) is 2.51. The van der Waals surface area contributed by atoms with Crippen molar-refractivity contribution in [2.45, 2.75) is 18.5 Å². The SMILES string of the molecule is Cc1cnc(SCCCCl)nc1. The molecular weight excluding hydrogens is 192 g/mol. The number of halogens is 1. The third-order valence-corrected chi connectivity index (χ3v) is 2.50. The fourth-order valence-electron chi connectivity index (χ4n) is 0.673. The molecule has 0 atom stereocenters. The van der Waals surface area contributed by atoms with Crippen LogP contribution in [0, 0.1) is 6.92 Å². The molecule has 0 saturated heterocycles. The molecule has 0 unspecified atom stereocenters. The van der Waals surface area contributed by atoms with E-state index in [4.69, 9.17) is 11.6 Å². The van der Waals surface area contributed by atoms with Crippen molar-refractivity contribution in [2.75, 3.05) is 11.6 Å². The molecule has 0 aliphatic carbocycles. The van der Waals surface area contributed by atoms with Crippen molar-refractivity contribution < 1.29 is 0 Å². The maximum atomic E-state index is 5.54. The van der Waals surface area contributed by atoms with Crippen LogP contribution in [0.1, 0.15) is 12.0 Å². The molecule has 0 N–H and O–H groups in total. The van der Waals surface area contributed by atoms with Crippen LogP contribution in [0.15, 0.2) is 17.6 Å². The molecule has 0 bridgehead atoms. The Bertz CT molecular complexity index is 225. The lowest BCUT2D eigenvalue weighted by atomic mass is 10.4. The van der Waals surface area contributed by atoms with E-state index in [2.05, 4.69) is 9.97 Å². The third kappa shape index (κ3) is 3.41. The summed E-state index contributed by atoms with van der Waals surface area (Å²) in [7, 11) is 0. The van der Waals surface area contributed by atoms with E-state index in [-0.39, 0.29) is 0 Å². The third-order valence-electron chi connectivity index (χ3n) is 1.27. The van der Waals surface area contributed by atoms with Crippen molar-refractivity contribution in [1.82, 2.24) is 9.97 Å². The highest BCUT2D eigenvalue weighted by Crippen LogP contribution is 2.12. The normalized spacial score (nSPS) is 10.2. The second-order valence-corrected chi connectivity index (χ2v) is 3.87. The molecule has 1 rings (SSSR count). The smallest absolute Gasteiger partial charge is 0.187 e. The van der Waals surface area contributed by atoms with E-state index in [9.17, 15) is 0 Å². The highest BCUT2D eigenvalue weighted by atomic mass is 35.5. The lowest BCUT2D eigenvalue weighted by molar-refractivity contribution is 0.946. The van der Waals surface area contributed by atoms with E-state index in [1.54, 1.807) is 11.8 Å². The van der Waals surface area contributed by atoms with Gasteiger partial charge in [-0.25, -0.2) is 9.97 Å². The van der Waals surface area contributed by atoms with Crippen LogP contribution in [0.2, 0.25) is 0 Å². The van der Waals surface area contributed by atoms with E-state index < -0.39 is 0 Å². The molecule has 1 aromatic rings. The Morgan fingerprint density at radius 1 is 1.42 bits per heavy atom. The van der Waals surface area contributed by atoms with Crippen LogP contribution in [0.3, 0.4) is 0 Å². The maximum absolute atomic E-state index is 5.54. The first-order valence-electron chi connectivity index (χ1n) is 3.80. The second-order valence-electron chi connectivity index (χ2n) is 2.43. The van der Waals surface area contributed by atoms with Gasteiger partial charge in [0.1, 0.15) is 0 Å². The predicted molar refractivity (Wildman–Crippen MR) is 52.8 cm³/mol. The van der Waals surface area contributed by atoms with Crippen molar-refractivity contribution in [3.05, 3.63) is 18.0 Å². The molecule has 0 aromatic carbocycles. The van der Waals surface area contributed by atoms with Crippen molar-refractivity contribution in [3.63, 3.8) is 0 Å². The molecule has 0 aliphatic rings. The maximum Gasteiger partial charge on any atom is 0.187 e. The Morgan fingerprint density at radius 3 is 2.67 bits per heavy atom. The second kappa shape index (κ2) is 5.38. The van der Waals surface area contributed by atoms with Gasteiger partial charge in [-0.05, 0) is 18.9 Å². The number of thioether (sulfide) groups is 1. The monoisotopic (exact) mass is 202 g/mol. The molecule has 1 heterocycles. The number of aromatic nitrogens is 2. The Balaban J connectivity index is 2.37. The average molecular weight is 203 g/mol. The summed E-state index contributed by atoms with van der Waals surface area (Å²) in [6, 6.07) is 0. The fourth-order valence-corrected chi connectivity index (χ4v) is 1.69. The van der Waals surface area contributed by atoms with Gasteiger partial charge in [0, 0.05) is 24.0 Å².